The molecule has 2 rings (SSSR count). The van der Waals surface area contributed by atoms with E-state index in [2.05, 4.69) is 6.07 Å². The number of carboxylic acids is 1. The molecule has 0 aliphatic carbocycles. The molecule has 1 heterocycles. The predicted octanol–water partition coefficient (Wildman–Crippen LogP) is 3.05. The molecule has 0 radical (unpaired) electrons. The molecule has 1 atom stereocenters. The summed E-state index contributed by atoms with van der Waals surface area (Å²) in [5.41, 5.74) is 1.29. The van der Waals surface area contributed by atoms with Gasteiger partial charge in [0.25, 0.3) is 0 Å². The van der Waals surface area contributed by atoms with E-state index in [9.17, 15) is 10.1 Å². The molecule has 19 heavy (non-hydrogen) atoms. The first-order valence-electron chi connectivity index (χ1n) is 6.30. The van der Waals surface area contributed by atoms with Gasteiger partial charge >= 0.3 is 5.97 Å². The van der Waals surface area contributed by atoms with Gasteiger partial charge < -0.3 is 10.0 Å². The van der Waals surface area contributed by atoms with Crippen LogP contribution in [0.1, 0.15) is 31.2 Å². The molecule has 4 nitrogen and oxygen atoms in total. The van der Waals surface area contributed by atoms with E-state index in [-0.39, 0.29) is 12.5 Å². The molecule has 5 heteroatoms. The lowest BCUT2D eigenvalue weighted by Crippen LogP contribution is -2.41. The number of nitrogens with zero attached hydrogens (tertiary/aromatic N) is 2. The number of anilines is 1. The van der Waals surface area contributed by atoms with Crippen molar-refractivity contribution < 1.29 is 9.90 Å². The Bertz CT molecular complexity index is 525. The van der Waals surface area contributed by atoms with Gasteiger partial charge in [0, 0.05) is 17.6 Å². The van der Waals surface area contributed by atoms with Crippen LogP contribution in [0, 0.1) is 11.3 Å². The Morgan fingerprint density at radius 2 is 2.32 bits per heavy atom. The van der Waals surface area contributed by atoms with Crippen LogP contribution in [0.5, 0.6) is 0 Å². The zero-order chi connectivity index (χ0) is 13.8. The lowest BCUT2D eigenvalue weighted by atomic mass is 9.97. The lowest BCUT2D eigenvalue weighted by Gasteiger charge is -2.37. The molecule has 1 aromatic carbocycles. The molecule has 1 aliphatic rings. The summed E-state index contributed by atoms with van der Waals surface area (Å²) in [7, 11) is 0. The van der Waals surface area contributed by atoms with Crippen molar-refractivity contribution in [2.75, 3.05) is 11.4 Å². The Hall–Kier alpha value is -1.73. The summed E-state index contributed by atoms with van der Waals surface area (Å²) in [5.74, 6) is -0.802. The third-order valence-corrected chi connectivity index (χ3v) is 3.66. The number of hydrogen-bond donors (Lipinski definition) is 1. The summed E-state index contributed by atoms with van der Waals surface area (Å²) in [6.45, 7) is 0.786. The van der Waals surface area contributed by atoms with Crippen LogP contribution in [0.3, 0.4) is 0 Å². The quantitative estimate of drug-likeness (QED) is 0.923. The second-order valence-electron chi connectivity index (χ2n) is 4.71. The second kappa shape index (κ2) is 5.94. The highest BCUT2D eigenvalue weighted by Gasteiger charge is 2.26. The first-order valence-corrected chi connectivity index (χ1v) is 6.67. The summed E-state index contributed by atoms with van der Waals surface area (Å²) in [5, 5.41) is 18.7. The smallest absolute Gasteiger partial charge is 0.305 e. The average molecular weight is 279 g/mol. The van der Waals surface area contributed by atoms with E-state index in [1.807, 2.05) is 4.90 Å². The van der Waals surface area contributed by atoms with Gasteiger partial charge in [-0.05, 0) is 37.5 Å². The van der Waals surface area contributed by atoms with Crippen molar-refractivity contribution in [1.29, 1.82) is 5.26 Å². The summed E-state index contributed by atoms with van der Waals surface area (Å²) in [4.78, 5) is 13.0. The van der Waals surface area contributed by atoms with Crippen LogP contribution in [0.2, 0.25) is 5.02 Å². The van der Waals surface area contributed by atoms with Gasteiger partial charge in [0.1, 0.15) is 6.07 Å². The Morgan fingerprint density at radius 3 is 3.00 bits per heavy atom. The maximum absolute atomic E-state index is 10.9. The SMILES string of the molecule is N#Cc1cc(Cl)ccc1N1CCCCC1CC(=O)O. The van der Waals surface area contributed by atoms with Crippen molar-refractivity contribution >= 4 is 23.3 Å². The number of nitriles is 1. The summed E-state index contributed by atoms with van der Waals surface area (Å²) in [6.07, 6.45) is 3.00. The molecule has 0 spiro atoms. The first kappa shape index (κ1) is 13.7. The normalized spacial score (nSPS) is 18.9. The highest BCUT2D eigenvalue weighted by atomic mass is 35.5. The van der Waals surface area contributed by atoms with Gasteiger partial charge in [0.05, 0.1) is 17.7 Å². The number of carbonyl (C=O) groups is 1. The van der Waals surface area contributed by atoms with E-state index >= 15 is 0 Å². The van der Waals surface area contributed by atoms with E-state index in [1.54, 1.807) is 18.2 Å². The van der Waals surface area contributed by atoms with E-state index < -0.39 is 5.97 Å². The molecular weight excluding hydrogens is 264 g/mol. The maximum atomic E-state index is 10.9. The van der Waals surface area contributed by atoms with E-state index in [0.29, 0.717) is 10.6 Å². The number of carboxylic acid groups (broad SMARTS) is 1. The average Bonchev–Trinajstić information content (AvgIpc) is 2.39. The zero-order valence-corrected chi connectivity index (χ0v) is 11.2. The number of hydrogen-bond acceptors (Lipinski definition) is 3. The number of rotatable bonds is 3. The summed E-state index contributed by atoms with van der Waals surface area (Å²) < 4.78 is 0. The molecule has 1 N–H and O–H groups in total. The number of piperidine rings is 1. The second-order valence-corrected chi connectivity index (χ2v) is 5.15. The van der Waals surface area contributed by atoms with Crippen molar-refractivity contribution in [3.63, 3.8) is 0 Å². The van der Waals surface area contributed by atoms with Gasteiger partial charge in [-0.25, -0.2) is 0 Å². The van der Waals surface area contributed by atoms with Crippen LogP contribution in [0.25, 0.3) is 0 Å². The van der Waals surface area contributed by atoms with Crippen LogP contribution in [0.4, 0.5) is 5.69 Å². The van der Waals surface area contributed by atoms with Crippen molar-refractivity contribution in [1.82, 2.24) is 0 Å². The van der Waals surface area contributed by atoms with Crippen molar-refractivity contribution in [3.8, 4) is 6.07 Å². The van der Waals surface area contributed by atoms with Crippen LogP contribution >= 0.6 is 11.6 Å². The molecule has 0 bridgehead atoms. The third kappa shape index (κ3) is 3.18. The fraction of sp³-hybridized carbons (Fsp3) is 0.429. The topological polar surface area (TPSA) is 64.3 Å². The molecule has 0 aromatic heterocycles. The van der Waals surface area contributed by atoms with Crippen LogP contribution in [0.15, 0.2) is 18.2 Å². The highest BCUT2D eigenvalue weighted by molar-refractivity contribution is 6.30. The Balaban J connectivity index is 2.32. The molecule has 1 aliphatic heterocycles. The molecule has 100 valence electrons. The fourth-order valence-corrected chi connectivity index (χ4v) is 2.75. The molecule has 0 saturated carbocycles. The highest BCUT2D eigenvalue weighted by Crippen LogP contribution is 2.30. The standard InChI is InChI=1S/C14H15ClN2O2/c15-11-4-5-13(10(7-11)9-16)17-6-2-1-3-12(17)8-14(18)19/h4-5,7,12H,1-3,6,8H2,(H,18,19). The summed E-state index contributed by atoms with van der Waals surface area (Å²) >= 11 is 5.89. The summed E-state index contributed by atoms with van der Waals surface area (Å²) in [6, 6.07) is 7.27. The van der Waals surface area contributed by atoms with Gasteiger partial charge in [-0.2, -0.15) is 5.26 Å². The largest absolute Gasteiger partial charge is 0.481 e. The van der Waals surface area contributed by atoms with Crippen molar-refractivity contribution in [3.05, 3.63) is 28.8 Å². The minimum Gasteiger partial charge on any atom is -0.481 e. The Morgan fingerprint density at radius 1 is 1.53 bits per heavy atom. The Kier molecular flexibility index (Phi) is 4.28. The lowest BCUT2D eigenvalue weighted by molar-refractivity contribution is -0.137. The fourth-order valence-electron chi connectivity index (χ4n) is 2.58. The molecule has 1 unspecified atom stereocenters. The van der Waals surface area contributed by atoms with Crippen molar-refractivity contribution in [2.45, 2.75) is 31.7 Å². The van der Waals surface area contributed by atoms with Gasteiger partial charge in [-0.15, -0.1) is 0 Å². The zero-order valence-electron chi connectivity index (χ0n) is 10.5. The maximum Gasteiger partial charge on any atom is 0.305 e. The Labute approximate surface area is 117 Å². The van der Waals surface area contributed by atoms with Gasteiger partial charge in [0.15, 0.2) is 0 Å². The number of halogens is 1. The van der Waals surface area contributed by atoms with Gasteiger partial charge in [-0.3, -0.25) is 4.79 Å². The predicted molar refractivity (Wildman–Crippen MR) is 73.4 cm³/mol. The van der Waals surface area contributed by atoms with Gasteiger partial charge in [0.2, 0.25) is 0 Å². The number of benzene rings is 1. The van der Waals surface area contributed by atoms with E-state index in [0.717, 1.165) is 31.5 Å². The third-order valence-electron chi connectivity index (χ3n) is 3.43. The molecular formula is C14H15ClN2O2. The molecule has 0 amide bonds. The minimum atomic E-state index is -0.802. The van der Waals surface area contributed by atoms with E-state index in [4.69, 9.17) is 16.7 Å². The number of aliphatic carboxylic acids is 1. The van der Waals surface area contributed by atoms with Crippen LogP contribution < -0.4 is 4.90 Å². The minimum absolute atomic E-state index is 0.0421. The molecule has 1 saturated heterocycles. The van der Waals surface area contributed by atoms with Crippen LogP contribution in [-0.4, -0.2) is 23.7 Å². The first-order chi connectivity index (χ1) is 9.11. The molecule has 1 aromatic rings. The molecule has 1 fully saturated rings. The van der Waals surface area contributed by atoms with Gasteiger partial charge in [-0.1, -0.05) is 11.6 Å². The van der Waals surface area contributed by atoms with Crippen LogP contribution in [-0.2, 0) is 4.79 Å². The monoisotopic (exact) mass is 278 g/mol. The van der Waals surface area contributed by atoms with Crippen molar-refractivity contribution in [2.24, 2.45) is 0 Å². The van der Waals surface area contributed by atoms with E-state index in [1.165, 1.54) is 0 Å².